The Kier molecular flexibility index (Phi) is 8.13. The Balaban J connectivity index is 1.65. The average Bonchev–Trinajstić information content (AvgIpc) is 3.59. The van der Waals surface area contributed by atoms with Crippen molar-refractivity contribution in [3.8, 4) is 0 Å². The van der Waals surface area contributed by atoms with Crippen molar-refractivity contribution in [2.24, 2.45) is 5.92 Å². The lowest BCUT2D eigenvalue weighted by Crippen LogP contribution is -2.61. The minimum Gasteiger partial charge on any atom is -0.467 e. The predicted molar refractivity (Wildman–Crippen MR) is 117 cm³/mol. The van der Waals surface area contributed by atoms with Crippen molar-refractivity contribution in [2.75, 3.05) is 26.7 Å². The molecule has 1 saturated heterocycles. The smallest absolute Gasteiger partial charge is 0.409 e. The zero-order valence-corrected chi connectivity index (χ0v) is 19.4. The molecule has 188 valence electrons. The molecule has 2 amide bonds. The van der Waals surface area contributed by atoms with Gasteiger partial charge in [0, 0.05) is 19.6 Å². The third-order valence-corrected chi connectivity index (χ3v) is 6.55. The molecule has 34 heavy (non-hydrogen) atoms. The molecular weight excluding hydrogens is 448 g/mol. The van der Waals surface area contributed by atoms with Gasteiger partial charge in [0.25, 0.3) is 0 Å². The number of ether oxygens (including phenoxy) is 3. The minimum absolute atomic E-state index is 0.00654. The van der Waals surface area contributed by atoms with Crippen LogP contribution in [0.2, 0.25) is 0 Å². The number of carbonyl (C=O) groups excluding carboxylic acids is 3. The van der Waals surface area contributed by atoms with E-state index in [1.807, 2.05) is 44.2 Å². The molecule has 1 heterocycles. The number of amides is 2. The number of methoxy groups -OCH3 is 1. The number of alkyl carbamates (subject to hydrolysis) is 1. The zero-order valence-electron chi connectivity index (χ0n) is 19.4. The van der Waals surface area contributed by atoms with Gasteiger partial charge in [-0.25, -0.2) is 9.59 Å². The van der Waals surface area contributed by atoms with E-state index in [1.165, 1.54) is 0 Å². The van der Waals surface area contributed by atoms with Crippen molar-refractivity contribution < 1.29 is 43.9 Å². The van der Waals surface area contributed by atoms with Gasteiger partial charge in [0.05, 0.1) is 12.5 Å². The molecule has 4 N–H and O–H groups in total. The van der Waals surface area contributed by atoms with Crippen LogP contribution in [0.25, 0.3) is 0 Å². The summed E-state index contributed by atoms with van der Waals surface area (Å²) in [5.41, 5.74) is 0.119. The van der Waals surface area contributed by atoms with Gasteiger partial charge in [0.1, 0.15) is 18.3 Å². The number of rotatable bonds is 8. The normalized spacial score (nSPS) is 32.4. The molecule has 1 aliphatic heterocycles. The molecule has 11 heteroatoms. The number of carbonyl (C=O) groups is 3. The number of nitrogens with zero attached hydrogens (tertiary/aromatic N) is 1. The Morgan fingerprint density at radius 2 is 1.74 bits per heavy atom. The lowest BCUT2D eigenvalue weighted by Gasteiger charge is -2.38. The summed E-state index contributed by atoms with van der Waals surface area (Å²) in [5, 5.41) is 32.6. The monoisotopic (exact) mass is 480 g/mol. The third-order valence-electron chi connectivity index (χ3n) is 6.55. The van der Waals surface area contributed by atoms with Gasteiger partial charge in [-0.3, -0.25) is 4.79 Å². The largest absolute Gasteiger partial charge is 0.467 e. The van der Waals surface area contributed by atoms with Crippen LogP contribution in [0.4, 0.5) is 4.79 Å². The number of benzene rings is 1. The van der Waals surface area contributed by atoms with E-state index in [2.05, 4.69) is 10.1 Å². The molecular formula is C23H32N2O9. The number of likely N-dealkylation sites (N-methyl/N-ethyl adjacent to an activating group) is 1. The van der Waals surface area contributed by atoms with Gasteiger partial charge in [-0.05, 0) is 31.7 Å². The fraction of sp³-hybridized carbons (Fsp3) is 0.609. The molecule has 7 atom stereocenters. The van der Waals surface area contributed by atoms with Gasteiger partial charge < -0.3 is 39.7 Å². The van der Waals surface area contributed by atoms with Crippen molar-refractivity contribution in [1.29, 1.82) is 0 Å². The number of aliphatic hydroxyl groups is 3. The van der Waals surface area contributed by atoms with Crippen LogP contribution in [0.5, 0.6) is 0 Å². The maximum Gasteiger partial charge on any atom is 0.409 e. The number of hydrogen-bond acceptors (Lipinski definition) is 9. The highest BCUT2D eigenvalue weighted by Gasteiger charge is 2.61. The summed E-state index contributed by atoms with van der Waals surface area (Å²) < 4.78 is 14.7. The fourth-order valence-electron chi connectivity index (χ4n) is 4.45. The highest BCUT2D eigenvalue weighted by molar-refractivity contribution is 5.92. The Morgan fingerprint density at radius 1 is 1.09 bits per heavy atom. The molecule has 0 bridgehead atoms. The lowest BCUT2D eigenvalue weighted by molar-refractivity contribution is -0.278. The van der Waals surface area contributed by atoms with E-state index < -0.39 is 48.2 Å². The topological polar surface area (TPSA) is 155 Å². The first-order valence-corrected chi connectivity index (χ1v) is 11.3. The van der Waals surface area contributed by atoms with Gasteiger partial charge in [-0.2, -0.15) is 0 Å². The first-order chi connectivity index (χ1) is 16.2. The van der Waals surface area contributed by atoms with E-state index in [-0.39, 0.29) is 18.4 Å². The first kappa shape index (κ1) is 25.9. The second kappa shape index (κ2) is 10.7. The highest BCUT2D eigenvalue weighted by Crippen LogP contribution is 2.55. The van der Waals surface area contributed by atoms with E-state index in [1.54, 1.807) is 4.90 Å². The Labute approximate surface area is 197 Å². The molecule has 0 radical (unpaired) electrons. The first-order valence-electron chi connectivity index (χ1n) is 11.3. The van der Waals surface area contributed by atoms with Crippen molar-refractivity contribution in [3.05, 3.63) is 35.9 Å². The lowest BCUT2D eigenvalue weighted by atomic mass is 9.91. The Bertz CT molecular complexity index is 878. The predicted octanol–water partition coefficient (Wildman–Crippen LogP) is -0.480. The maximum absolute atomic E-state index is 13.3. The van der Waals surface area contributed by atoms with E-state index in [4.69, 9.17) is 9.47 Å². The second-order valence-electron chi connectivity index (χ2n) is 8.42. The van der Waals surface area contributed by atoms with Crippen molar-refractivity contribution in [3.63, 3.8) is 0 Å². The van der Waals surface area contributed by atoms with Crippen LogP contribution in [0.1, 0.15) is 25.8 Å². The third kappa shape index (κ3) is 4.88. The number of aliphatic hydroxyl groups excluding tert-OH is 3. The van der Waals surface area contributed by atoms with E-state index >= 15 is 0 Å². The van der Waals surface area contributed by atoms with E-state index in [0.29, 0.717) is 19.5 Å². The molecule has 1 aromatic rings. The molecule has 0 unspecified atom stereocenters. The molecule has 1 saturated carbocycles. The van der Waals surface area contributed by atoms with Gasteiger partial charge in [-0.15, -0.1) is 0 Å². The quantitative estimate of drug-likeness (QED) is 0.361. The van der Waals surface area contributed by atoms with Crippen LogP contribution in [-0.4, -0.2) is 95.6 Å². The van der Waals surface area contributed by atoms with Gasteiger partial charge >= 0.3 is 12.1 Å². The van der Waals surface area contributed by atoms with Crippen LogP contribution in [0.15, 0.2) is 30.3 Å². The maximum atomic E-state index is 13.3. The summed E-state index contributed by atoms with van der Waals surface area (Å²) in [6, 6.07) is 9.39. The molecule has 3 rings (SSSR count). The summed E-state index contributed by atoms with van der Waals surface area (Å²) in [6.07, 6.45) is -9.11. The van der Waals surface area contributed by atoms with E-state index in [0.717, 1.165) is 12.7 Å². The molecule has 0 spiro atoms. The van der Waals surface area contributed by atoms with Crippen molar-refractivity contribution in [1.82, 2.24) is 10.2 Å². The van der Waals surface area contributed by atoms with Crippen LogP contribution in [-0.2, 0) is 29.2 Å². The molecule has 2 fully saturated rings. The number of esters is 1. The van der Waals surface area contributed by atoms with Crippen molar-refractivity contribution >= 4 is 18.0 Å². The van der Waals surface area contributed by atoms with Gasteiger partial charge in [-0.1, -0.05) is 30.3 Å². The average molecular weight is 481 g/mol. The summed E-state index contributed by atoms with van der Waals surface area (Å²) in [4.78, 5) is 39.3. The Hall–Kier alpha value is -2.73. The Morgan fingerprint density at radius 3 is 2.32 bits per heavy atom. The second-order valence-corrected chi connectivity index (χ2v) is 8.42. The summed E-state index contributed by atoms with van der Waals surface area (Å²) >= 11 is 0. The van der Waals surface area contributed by atoms with Gasteiger partial charge in [0.15, 0.2) is 6.10 Å². The standard InChI is InChI=1S/C23H32N2O9/c1-4-25(5-2)21(30)23(13-9-7-6-8-10-13)11-14(23)12-24-22(31)34-20-17(28)15(26)16(27)18(33-20)19(29)32-3/h6-10,14-18,20,26-28H,4-5,11-12H2,1-3H3,(H,24,31)/t14-,15-,16-,17+,18-,20-,23+/m0/s1. The zero-order chi connectivity index (χ0) is 25.0. The molecule has 1 aromatic carbocycles. The van der Waals surface area contributed by atoms with Crippen LogP contribution in [0, 0.1) is 5.92 Å². The van der Waals surface area contributed by atoms with Crippen LogP contribution < -0.4 is 5.32 Å². The van der Waals surface area contributed by atoms with Crippen LogP contribution >= 0.6 is 0 Å². The summed E-state index contributed by atoms with van der Waals surface area (Å²) in [6.45, 7) is 5.08. The van der Waals surface area contributed by atoms with Crippen molar-refractivity contribution in [2.45, 2.75) is 56.4 Å². The molecule has 2 aliphatic rings. The highest BCUT2D eigenvalue weighted by atomic mass is 16.7. The summed E-state index contributed by atoms with van der Waals surface area (Å²) in [5.74, 6) is -1.18. The van der Waals surface area contributed by atoms with Gasteiger partial charge in [0.2, 0.25) is 12.2 Å². The number of nitrogens with one attached hydrogen (secondary N) is 1. The SMILES string of the molecule is CCN(CC)C(=O)[C@@]1(c2ccccc2)C[C@H]1CNC(=O)O[C@@H]1O[C@H](C(=O)OC)[C@@H](O)[C@H](O)[C@H]1O. The fourth-order valence-corrected chi connectivity index (χ4v) is 4.45. The number of hydrogen-bond donors (Lipinski definition) is 4. The van der Waals surface area contributed by atoms with E-state index in [9.17, 15) is 29.7 Å². The molecule has 0 aromatic heterocycles. The minimum atomic E-state index is -1.79. The van der Waals surface area contributed by atoms with Crippen LogP contribution in [0.3, 0.4) is 0 Å². The molecule has 11 nitrogen and oxygen atoms in total. The summed E-state index contributed by atoms with van der Waals surface area (Å²) in [7, 11) is 1.06. The molecule has 1 aliphatic carbocycles.